The van der Waals surface area contributed by atoms with Gasteiger partial charge in [-0.15, -0.1) is 0 Å². The summed E-state index contributed by atoms with van der Waals surface area (Å²) in [4.78, 5) is 11.5. The predicted octanol–water partition coefficient (Wildman–Crippen LogP) is 4.01. The second-order valence-corrected chi connectivity index (χ2v) is 4.58. The third-order valence-electron chi connectivity index (χ3n) is 2.78. The first-order chi connectivity index (χ1) is 8.33. The van der Waals surface area contributed by atoms with Crippen LogP contribution in [0.3, 0.4) is 0 Å². The van der Waals surface area contributed by atoms with Crippen molar-refractivity contribution >= 4 is 5.97 Å². The molecule has 0 aliphatic heterocycles. The Morgan fingerprint density at radius 3 is 2.33 bits per heavy atom. The molecular weight excluding hydrogens is 238 g/mol. The van der Waals surface area contributed by atoms with Gasteiger partial charge in [0.15, 0.2) is 6.61 Å². The molecule has 1 aromatic carbocycles. The van der Waals surface area contributed by atoms with Gasteiger partial charge in [0.05, 0.1) is 5.56 Å². The topological polar surface area (TPSA) is 26.3 Å². The van der Waals surface area contributed by atoms with Crippen LogP contribution < -0.4 is 0 Å². The zero-order chi connectivity index (χ0) is 13.8. The minimum absolute atomic E-state index is 0.298. The summed E-state index contributed by atoms with van der Waals surface area (Å²) in [5, 5.41) is 0. The van der Waals surface area contributed by atoms with Crippen LogP contribution in [-0.4, -0.2) is 18.5 Å². The number of carbonyl (C=O) groups is 1. The van der Waals surface area contributed by atoms with E-state index in [2.05, 4.69) is 18.6 Å². The van der Waals surface area contributed by atoms with Crippen molar-refractivity contribution in [3.05, 3.63) is 35.4 Å². The van der Waals surface area contributed by atoms with Crippen molar-refractivity contribution in [2.24, 2.45) is 0 Å². The van der Waals surface area contributed by atoms with E-state index in [1.54, 1.807) is 12.1 Å². The van der Waals surface area contributed by atoms with Crippen molar-refractivity contribution < 1.29 is 18.3 Å². The maximum atomic E-state index is 12.5. The fourth-order valence-corrected chi connectivity index (χ4v) is 1.46. The van der Waals surface area contributed by atoms with E-state index in [4.69, 9.17) is 0 Å². The van der Waals surface area contributed by atoms with Crippen LogP contribution in [0.25, 0.3) is 0 Å². The van der Waals surface area contributed by atoms with Gasteiger partial charge in [-0.05, 0) is 30.0 Å². The first-order valence-electron chi connectivity index (χ1n) is 5.98. The Hall–Kier alpha value is -1.45. The van der Waals surface area contributed by atoms with E-state index in [0.29, 0.717) is 18.4 Å². The van der Waals surface area contributed by atoms with E-state index >= 15 is 0 Å². The second kappa shape index (κ2) is 5.94. The van der Waals surface area contributed by atoms with Crippen LogP contribution in [-0.2, 0) is 4.74 Å². The van der Waals surface area contributed by atoms with E-state index in [1.807, 2.05) is 12.1 Å². The Balaban J connectivity index is 2.65. The summed E-state index contributed by atoms with van der Waals surface area (Å²) in [6.07, 6.45) is 1.01. The molecule has 0 aliphatic carbocycles. The summed E-state index contributed by atoms with van der Waals surface area (Å²) in [6.45, 7) is 3.99. The van der Waals surface area contributed by atoms with Gasteiger partial charge in [-0.2, -0.15) is 0 Å². The maximum Gasteiger partial charge on any atom is 0.338 e. The standard InChI is InChI=1S/C14H18F2O2/c1-4-10(2)11-5-7-12(8-6-11)13(17)18-9-14(3,15)16/h5-8,10H,4,9H2,1-3H3. The maximum absolute atomic E-state index is 12.5. The quantitative estimate of drug-likeness (QED) is 0.744. The van der Waals surface area contributed by atoms with Crippen molar-refractivity contribution in [1.82, 2.24) is 0 Å². The van der Waals surface area contributed by atoms with Crippen LogP contribution >= 0.6 is 0 Å². The Morgan fingerprint density at radius 1 is 1.33 bits per heavy atom. The van der Waals surface area contributed by atoms with Gasteiger partial charge in [-0.3, -0.25) is 0 Å². The number of ether oxygens (including phenoxy) is 1. The number of carbonyl (C=O) groups excluding carboxylic acids is 1. The number of benzene rings is 1. The van der Waals surface area contributed by atoms with Crippen molar-refractivity contribution in [2.45, 2.75) is 39.0 Å². The fraction of sp³-hybridized carbons (Fsp3) is 0.500. The fourth-order valence-electron chi connectivity index (χ4n) is 1.46. The molecule has 4 heteroatoms. The molecule has 1 rings (SSSR count). The van der Waals surface area contributed by atoms with Crippen molar-refractivity contribution in [1.29, 1.82) is 0 Å². The molecule has 0 amide bonds. The van der Waals surface area contributed by atoms with Crippen molar-refractivity contribution in [3.63, 3.8) is 0 Å². The molecule has 0 N–H and O–H groups in total. The normalized spacial score (nSPS) is 13.2. The number of halogens is 2. The molecule has 1 atom stereocenters. The number of hydrogen-bond donors (Lipinski definition) is 0. The molecule has 2 nitrogen and oxygen atoms in total. The lowest BCUT2D eigenvalue weighted by Crippen LogP contribution is -2.21. The highest BCUT2D eigenvalue weighted by Gasteiger charge is 2.23. The molecule has 0 radical (unpaired) electrons. The SMILES string of the molecule is CCC(C)c1ccc(C(=O)OCC(C)(F)F)cc1. The molecule has 0 bridgehead atoms. The van der Waals surface area contributed by atoms with Crippen molar-refractivity contribution in [2.75, 3.05) is 6.61 Å². The summed E-state index contributed by atoms with van der Waals surface area (Å²) in [7, 11) is 0. The summed E-state index contributed by atoms with van der Waals surface area (Å²) < 4.78 is 29.6. The molecule has 100 valence electrons. The molecule has 0 spiro atoms. The van der Waals surface area contributed by atoms with Gasteiger partial charge in [0, 0.05) is 6.92 Å². The lowest BCUT2D eigenvalue weighted by atomic mass is 9.98. The lowest BCUT2D eigenvalue weighted by molar-refractivity contribution is -0.0466. The van der Waals surface area contributed by atoms with Gasteiger partial charge in [-0.25, -0.2) is 13.6 Å². The predicted molar refractivity (Wildman–Crippen MR) is 66.1 cm³/mol. The van der Waals surface area contributed by atoms with E-state index in [-0.39, 0.29) is 0 Å². The molecule has 0 aliphatic rings. The molecule has 1 aromatic rings. The zero-order valence-electron chi connectivity index (χ0n) is 10.9. The molecule has 18 heavy (non-hydrogen) atoms. The van der Waals surface area contributed by atoms with Gasteiger partial charge in [0.1, 0.15) is 0 Å². The third-order valence-corrected chi connectivity index (χ3v) is 2.78. The zero-order valence-corrected chi connectivity index (χ0v) is 10.9. The first kappa shape index (κ1) is 14.6. The Bertz CT molecular complexity index is 393. The molecule has 0 heterocycles. The molecule has 0 saturated carbocycles. The van der Waals surface area contributed by atoms with Gasteiger partial charge in [-0.1, -0.05) is 26.0 Å². The number of rotatable bonds is 5. The van der Waals surface area contributed by atoms with Gasteiger partial charge in [0.2, 0.25) is 0 Å². The van der Waals surface area contributed by atoms with E-state index in [9.17, 15) is 13.6 Å². The molecular formula is C14H18F2O2. The van der Waals surface area contributed by atoms with Gasteiger partial charge < -0.3 is 4.74 Å². The van der Waals surface area contributed by atoms with E-state index < -0.39 is 18.5 Å². The van der Waals surface area contributed by atoms with Crippen LogP contribution in [0.4, 0.5) is 8.78 Å². The highest BCUT2D eigenvalue weighted by atomic mass is 19.3. The van der Waals surface area contributed by atoms with E-state index in [1.165, 1.54) is 0 Å². The minimum atomic E-state index is -2.99. The molecule has 0 saturated heterocycles. The smallest absolute Gasteiger partial charge is 0.338 e. The highest BCUT2D eigenvalue weighted by Crippen LogP contribution is 2.19. The van der Waals surface area contributed by atoms with Crippen LogP contribution in [0.2, 0.25) is 0 Å². The van der Waals surface area contributed by atoms with Gasteiger partial charge in [0.25, 0.3) is 5.92 Å². The summed E-state index contributed by atoms with van der Waals surface area (Å²) in [5.74, 6) is -3.30. The number of esters is 1. The van der Waals surface area contributed by atoms with Crippen LogP contribution in [0, 0.1) is 0 Å². The van der Waals surface area contributed by atoms with Gasteiger partial charge >= 0.3 is 5.97 Å². The molecule has 1 unspecified atom stereocenters. The number of alkyl halides is 2. The average Bonchev–Trinajstić information content (AvgIpc) is 2.34. The molecule has 0 fully saturated rings. The van der Waals surface area contributed by atoms with Crippen molar-refractivity contribution in [3.8, 4) is 0 Å². The van der Waals surface area contributed by atoms with E-state index in [0.717, 1.165) is 12.0 Å². The summed E-state index contributed by atoms with van der Waals surface area (Å²) >= 11 is 0. The monoisotopic (exact) mass is 256 g/mol. The van der Waals surface area contributed by atoms with Crippen LogP contribution in [0.15, 0.2) is 24.3 Å². The first-order valence-corrected chi connectivity index (χ1v) is 5.98. The Kier molecular flexibility index (Phi) is 4.82. The number of hydrogen-bond acceptors (Lipinski definition) is 2. The highest BCUT2D eigenvalue weighted by molar-refractivity contribution is 5.89. The second-order valence-electron chi connectivity index (χ2n) is 4.58. The summed E-state index contributed by atoms with van der Waals surface area (Å²) in [6, 6.07) is 6.87. The third kappa shape index (κ3) is 4.43. The summed E-state index contributed by atoms with van der Waals surface area (Å²) in [5.41, 5.74) is 1.42. The largest absolute Gasteiger partial charge is 0.456 e. The minimum Gasteiger partial charge on any atom is -0.456 e. The van der Waals surface area contributed by atoms with Crippen LogP contribution in [0.5, 0.6) is 0 Å². The van der Waals surface area contributed by atoms with Crippen LogP contribution in [0.1, 0.15) is 49.0 Å². The lowest BCUT2D eigenvalue weighted by Gasteiger charge is -2.12. The average molecular weight is 256 g/mol. The molecule has 0 aromatic heterocycles. The Morgan fingerprint density at radius 2 is 1.89 bits per heavy atom. The Labute approximate surface area is 106 Å².